The smallest absolute Gasteiger partial charge is 0.312 e. The van der Waals surface area contributed by atoms with Crippen LogP contribution < -0.4 is 0 Å². The molecule has 2 aliphatic heterocycles. The van der Waals surface area contributed by atoms with Crippen molar-refractivity contribution in [3.8, 4) is 0 Å². The molecule has 3 fully saturated rings. The molecule has 20 heavy (non-hydrogen) atoms. The molecule has 1 N–H and O–H groups in total. The van der Waals surface area contributed by atoms with Crippen LogP contribution in [0.15, 0.2) is 5.16 Å². The number of ether oxygens (including phenoxy) is 4. The summed E-state index contributed by atoms with van der Waals surface area (Å²) in [6, 6.07) is 0. The monoisotopic (exact) mass is 285 g/mol. The van der Waals surface area contributed by atoms with Crippen LogP contribution in [0.4, 0.5) is 0 Å². The number of esters is 1. The van der Waals surface area contributed by atoms with Gasteiger partial charge in [0.1, 0.15) is 12.2 Å². The fraction of sp³-hybridized carbons (Fsp3) is 0.846. The van der Waals surface area contributed by atoms with Crippen molar-refractivity contribution in [1.29, 1.82) is 0 Å². The molecule has 0 aromatic carbocycles. The summed E-state index contributed by atoms with van der Waals surface area (Å²) in [6.45, 7) is 6.00. The van der Waals surface area contributed by atoms with E-state index in [0.29, 0.717) is 18.9 Å². The van der Waals surface area contributed by atoms with Gasteiger partial charge >= 0.3 is 5.97 Å². The van der Waals surface area contributed by atoms with E-state index in [1.165, 1.54) is 0 Å². The zero-order valence-electron chi connectivity index (χ0n) is 11.7. The quantitative estimate of drug-likeness (QED) is 0.453. The lowest BCUT2D eigenvalue weighted by atomic mass is 10.00. The topological polar surface area (TPSA) is 86.6 Å². The second kappa shape index (κ2) is 4.68. The Bertz CT molecular complexity index is 448. The standard InChI is InChI=1S/C13H19NO6/c1-4-17-12(15)8-7-9(14-16)10-6(19-11(7)8)5-18-13(2,3)20-10/h6-8,10-11,16H,4-5H2,1-3H3/b14-9-/t6-,7-,8+,10-,11+/m1/s1. The third kappa shape index (κ3) is 2.10. The summed E-state index contributed by atoms with van der Waals surface area (Å²) in [6.07, 6.45) is -1.13. The first kappa shape index (κ1) is 13.8. The molecule has 1 saturated carbocycles. The second-order valence-corrected chi connectivity index (χ2v) is 5.72. The Morgan fingerprint density at radius 1 is 1.55 bits per heavy atom. The molecular formula is C13H19NO6. The van der Waals surface area contributed by atoms with Gasteiger partial charge in [-0.05, 0) is 20.8 Å². The van der Waals surface area contributed by atoms with Gasteiger partial charge in [-0.1, -0.05) is 5.16 Å². The largest absolute Gasteiger partial charge is 0.466 e. The molecule has 2 heterocycles. The minimum absolute atomic E-state index is 0.255. The van der Waals surface area contributed by atoms with Gasteiger partial charge in [-0.25, -0.2) is 0 Å². The summed E-state index contributed by atoms with van der Waals surface area (Å²) in [5.74, 6) is -1.74. The fourth-order valence-electron chi connectivity index (χ4n) is 2.99. The maximum atomic E-state index is 11.9. The first-order valence-electron chi connectivity index (χ1n) is 6.84. The van der Waals surface area contributed by atoms with Gasteiger partial charge < -0.3 is 24.2 Å². The second-order valence-electron chi connectivity index (χ2n) is 5.72. The summed E-state index contributed by atoms with van der Waals surface area (Å²) in [4.78, 5) is 11.9. The van der Waals surface area contributed by atoms with Crippen molar-refractivity contribution >= 4 is 11.7 Å². The predicted molar refractivity (Wildman–Crippen MR) is 66.4 cm³/mol. The Labute approximate surface area is 116 Å². The molecule has 0 bridgehead atoms. The summed E-state index contributed by atoms with van der Waals surface area (Å²) in [7, 11) is 0. The molecule has 7 nitrogen and oxygen atoms in total. The number of nitrogens with zero attached hydrogens (tertiary/aromatic N) is 1. The normalized spacial score (nSPS) is 43.5. The highest BCUT2D eigenvalue weighted by Crippen LogP contribution is 2.50. The van der Waals surface area contributed by atoms with E-state index >= 15 is 0 Å². The number of carbonyl (C=O) groups excluding carboxylic acids is 1. The Balaban J connectivity index is 1.79. The number of hydrogen-bond acceptors (Lipinski definition) is 7. The van der Waals surface area contributed by atoms with Crippen molar-refractivity contribution in [3.05, 3.63) is 0 Å². The van der Waals surface area contributed by atoms with E-state index in [4.69, 9.17) is 18.9 Å². The summed E-state index contributed by atoms with van der Waals surface area (Å²) < 4.78 is 22.2. The Kier molecular flexibility index (Phi) is 3.23. The van der Waals surface area contributed by atoms with Crippen molar-refractivity contribution < 1.29 is 28.9 Å². The van der Waals surface area contributed by atoms with E-state index < -0.39 is 17.8 Å². The van der Waals surface area contributed by atoms with Gasteiger partial charge in [-0.15, -0.1) is 0 Å². The van der Waals surface area contributed by atoms with Crippen LogP contribution in [0.1, 0.15) is 20.8 Å². The number of rotatable bonds is 2. The zero-order valence-corrected chi connectivity index (χ0v) is 11.7. The predicted octanol–water partition coefficient (Wildman–Crippen LogP) is 0.545. The number of carbonyl (C=O) groups is 1. The maximum Gasteiger partial charge on any atom is 0.312 e. The minimum Gasteiger partial charge on any atom is -0.466 e. The van der Waals surface area contributed by atoms with Crippen molar-refractivity contribution in [2.45, 2.75) is 44.9 Å². The van der Waals surface area contributed by atoms with Crippen LogP contribution in [-0.4, -0.2) is 54.2 Å². The maximum absolute atomic E-state index is 11.9. The molecule has 0 aromatic rings. The molecule has 0 aromatic heterocycles. The number of hydrogen-bond donors (Lipinski definition) is 1. The van der Waals surface area contributed by atoms with Gasteiger partial charge in [-0.3, -0.25) is 4.79 Å². The van der Waals surface area contributed by atoms with Gasteiger partial charge in [0.05, 0.1) is 30.9 Å². The summed E-state index contributed by atoms with van der Waals surface area (Å²) in [5.41, 5.74) is 0.459. The minimum atomic E-state index is -0.762. The van der Waals surface area contributed by atoms with Gasteiger partial charge in [0.25, 0.3) is 0 Å². The zero-order chi connectivity index (χ0) is 14.5. The lowest BCUT2D eigenvalue weighted by Crippen LogP contribution is -2.56. The summed E-state index contributed by atoms with van der Waals surface area (Å²) in [5, 5.41) is 12.6. The lowest BCUT2D eigenvalue weighted by Gasteiger charge is -2.42. The summed E-state index contributed by atoms with van der Waals surface area (Å²) >= 11 is 0. The van der Waals surface area contributed by atoms with Crippen LogP contribution in [0.2, 0.25) is 0 Å². The highest BCUT2D eigenvalue weighted by atomic mass is 16.7. The highest BCUT2D eigenvalue weighted by molar-refractivity contribution is 6.00. The van der Waals surface area contributed by atoms with E-state index in [9.17, 15) is 10.0 Å². The third-order valence-corrected chi connectivity index (χ3v) is 3.94. The molecule has 0 spiro atoms. The molecule has 1 aliphatic carbocycles. The first-order valence-corrected chi connectivity index (χ1v) is 6.84. The molecule has 0 radical (unpaired) electrons. The van der Waals surface area contributed by atoms with E-state index in [1.54, 1.807) is 20.8 Å². The Morgan fingerprint density at radius 3 is 2.95 bits per heavy atom. The molecular weight excluding hydrogens is 266 g/mol. The van der Waals surface area contributed by atoms with Crippen LogP contribution in [-0.2, 0) is 23.7 Å². The van der Waals surface area contributed by atoms with Crippen molar-refractivity contribution in [3.63, 3.8) is 0 Å². The number of oxime groups is 1. The molecule has 2 saturated heterocycles. The molecule has 7 heteroatoms. The van der Waals surface area contributed by atoms with Crippen LogP contribution in [0.3, 0.4) is 0 Å². The lowest BCUT2D eigenvalue weighted by molar-refractivity contribution is -0.300. The fourth-order valence-corrected chi connectivity index (χ4v) is 2.99. The van der Waals surface area contributed by atoms with Crippen LogP contribution in [0.25, 0.3) is 0 Å². The Morgan fingerprint density at radius 2 is 2.30 bits per heavy atom. The van der Waals surface area contributed by atoms with E-state index in [1.807, 2.05) is 0 Å². The van der Waals surface area contributed by atoms with Gasteiger partial charge in [0.2, 0.25) is 0 Å². The van der Waals surface area contributed by atoms with E-state index in [0.717, 1.165) is 0 Å². The SMILES string of the molecule is CCOC(=O)[C@@H]1[C@H]2O[C@@H]3COC(C)(C)O[C@H]3/C(=N\O)[C@H]21. The van der Waals surface area contributed by atoms with Gasteiger partial charge in [0, 0.05) is 5.92 Å². The molecule has 112 valence electrons. The van der Waals surface area contributed by atoms with Gasteiger partial charge in [-0.2, -0.15) is 0 Å². The number of fused-ring (bicyclic) bond motifs is 2. The van der Waals surface area contributed by atoms with Crippen molar-refractivity contribution in [2.24, 2.45) is 17.0 Å². The highest BCUT2D eigenvalue weighted by Gasteiger charge is 2.67. The van der Waals surface area contributed by atoms with Crippen molar-refractivity contribution in [2.75, 3.05) is 13.2 Å². The average Bonchev–Trinajstić information content (AvgIpc) is 3.09. The van der Waals surface area contributed by atoms with E-state index in [-0.39, 0.29) is 24.1 Å². The molecule has 5 atom stereocenters. The molecule has 0 unspecified atom stereocenters. The van der Waals surface area contributed by atoms with E-state index in [2.05, 4.69) is 5.16 Å². The first-order chi connectivity index (χ1) is 9.48. The molecule has 3 aliphatic rings. The van der Waals surface area contributed by atoms with Crippen LogP contribution in [0.5, 0.6) is 0 Å². The van der Waals surface area contributed by atoms with Gasteiger partial charge in [0.15, 0.2) is 5.79 Å². The van der Waals surface area contributed by atoms with Crippen LogP contribution in [0, 0.1) is 11.8 Å². The average molecular weight is 285 g/mol. The van der Waals surface area contributed by atoms with Crippen molar-refractivity contribution in [1.82, 2.24) is 0 Å². The Hall–Kier alpha value is -1.18. The van der Waals surface area contributed by atoms with Crippen LogP contribution >= 0.6 is 0 Å². The molecule has 0 amide bonds. The molecule has 3 rings (SSSR count). The third-order valence-electron chi connectivity index (χ3n) is 3.94.